The highest BCUT2D eigenvalue weighted by Gasteiger charge is 2.14. The van der Waals surface area contributed by atoms with Gasteiger partial charge >= 0.3 is 0 Å². The van der Waals surface area contributed by atoms with Crippen LogP contribution in [0.5, 0.6) is 23.0 Å². The predicted octanol–water partition coefficient (Wildman–Crippen LogP) is 7.41. The van der Waals surface area contributed by atoms with Gasteiger partial charge in [-0.1, -0.05) is 54.6 Å². The summed E-state index contributed by atoms with van der Waals surface area (Å²) in [6.07, 6.45) is 1.53. The lowest BCUT2D eigenvalue weighted by Crippen LogP contribution is -2.14. The molecule has 0 fully saturated rings. The summed E-state index contributed by atoms with van der Waals surface area (Å²) in [6, 6.07) is 28.6. The van der Waals surface area contributed by atoms with Gasteiger partial charge in [-0.15, -0.1) is 0 Å². The van der Waals surface area contributed by atoms with E-state index in [1.165, 1.54) is 6.08 Å². The van der Waals surface area contributed by atoms with Gasteiger partial charge in [0, 0.05) is 5.69 Å². The molecule has 0 heterocycles. The molecule has 4 aromatic rings. The maximum absolute atomic E-state index is 12.9. The second-order valence-electron chi connectivity index (χ2n) is 9.56. The Morgan fingerprint density at radius 2 is 1.52 bits per heavy atom. The van der Waals surface area contributed by atoms with E-state index in [-0.39, 0.29) is 12.2 Å². The number of benzene rings is 4. The Morgan fingerprint density at radius 1 is 0.810 bits per heavy atom. The van der Waals surface area contributed by atoms with E-state index in [2.05, 4.69) is 5.32 Å². The molecule has 0 aliphatic carbocycles. The first-order valence-electron chi connectivity index (χ1n) is 13.6. The van der Waals surface area contributed by atoms with E-state index in [9.17, 15) is 10.1 Å². The number of anilines is 1. The minimum Gasteiger partial charge on any atom is -0.493 e. The average Bonchev–Trinajstić information content (AvgIpc) is 3.01. The second kappa shape index (κ2) is 14.4. The second-order valence-corrected chi connectivity index (χ2v) is 9.56. The van der Waals surface area contributed by atoms with Crippen molar-refractivity contribution in [2.75, 3.05) is 19.0 Å². The first-order chi connectivity index (χ1) is 20.4. The van der Waals surface area contributed by atoms with Gasteiger partial charge in [-0.05, 0) is 85.0 Å². The number of carbonyl (C=O) groups is 1. The molecule has 0 bridgehead atoms. The molecule has 0 radical (unpaired) electrons. The summed E-state index contributed by atoms with van der Waals surface area (Å²) in [5, 5.41) is 12.5. The summed E-state index contributed by atoms with van der Waals surface area (Å²) in [6.45, 7) is 6.90. The molecular weight excluding hydrogens is 528 g/mol. The molecule has 0 atom stereocenters. The number of carbonyl (C=O) groups excluding carboxylic acids is 1. The summed E-state index contributed by atoms with van der Waals surface area (Å²) < 4.78 is 23.4. The van der Waals surface area contributed by atoms with Crippen LogP contribution in [-0.4, -0.2) is 19.6 Å². The van der Waals surface area contributed by atoms with Gasteiger partial charge in [0.05, 0.1) is 13.7 Å². The van der Waals surface area contributed by atoms with Crippen molar-refractivity contribution in [2.24, 2.45) is 0 Å². The molecule has 0 aliphatic heterocycles. The standard InChI is InChI=1S/C35H34N2O5/c1-5-40-34-19-27(18-29(21-36)35(38)37-30-13-9-10-24(2)25(30)3)14-16-32(34)42-23-28-15-17-31(33(20-28)39-4)41-22-26-11-7-6-8-12-26/h6-20H,5,22-23H2,1-4H3,(H,37,38)/b29-18-. The largest absolute Gasteiger partial charge is 0.493 e. The Kier molecular flexibility index (Phi) is 10.2. The van der Waals surface area contributed by atoms with Crippen LogP contribution in [-0.2, 0) is 18.0 Å². The smallest absolute Gasteiger partial charge is 0.266 e. The molecule has 0 saturated heterocycles. The summed E-state index contributed by atoms with van der Waals surface area (Å²) >= 11 is 0. The molecule has 0 aromatic heterocycles. The molecule has 42 heavy (non-hydrogen) atoms. The number of amides is 1. The van der Waals surface area contributed by atoms with Gasteiger partial charge in [0.25, 0.3) is 5.91 Å². The molecule has 0 spiro atoms. The predicted molar refractivity (Wildman–Crippen MR) is 164 cm³/mol. The van der Waals surface area contributed by atoms with Crippen LogP contribution in [0.25, 0.3) is 6.08 Å². The Balaban J connectivity index is 1.46. The number of nitriles is 1. The maximum Gasteiger partial charge on any atom is 0.266 e. The van der Waals surface area contributed by atoms with E-state index < -0.39 is 5.91 Å². The molecule has 1 amide bonds. The topological polar surface area (TPSA) is 89.8 Å². The van der Waals surface area contributed by atoms with E-state index in [0.717, 1.165) is 22.3 Å². The van der Waals surface area contributed by atoms with Crippen molar-refractivity contribution >= 4 is 17.7 Å². The average molecular weight is 563 g/mol. The van der Waals surface area contributed by atoms with E-state index >= 15 is 0 Å². The van der Waals surface area contributed by atoms with Crippen LogP contribution < -0.4 is 24.3 Å². The maximum atomic E-state index is 12.9. The Hall–Kier alpha value is -5.22. The zero-order valence-electron chi connectivity index (χ0n) is 24.3. The Labute approximate surface area is 246 Å². The molecule has 7 nitrogen and oxygen atoms in total. The number of rotatable bonds is 12. The highest BCUT2D eigenvalue weighted by atomic mass is 16.5. The van der Waals surface area contributed by atoms with Crippen molar-refractivity contribution < 1.29 is 23.7 Å². The zero-order valence-corrected chi connectivity index (χ0v) is 24.3. The summed E-state index contributed by atoms with van der Waals surface area (Å²) in [4.78, 5) is 12.9. The van der Waals surface area contributed by atoms with Crippen molar-refractivity contribution in [1.82, 2.24) is 0 Å². The molecular formula is C35H34N2O5. The number of methoxy groups -OCH3 is 1. The van der Waals surface area contributed by atoms with Crippen LogP contribution in [0, 0.1) is 25.2 Å². The van der Waals surface area contributed by atoms with Crippen molar-refractivity contribution in [2.45, 2.75) is 34.0 Å². The van der Waals surface area contributed by atoms with Gasteiger partial charge in [-0.2, -0.15) is 5.26 Å². The van der Waals surface area contributed by atoms with Crippen LogP contribution >= 0.6 is 0 Å². The molecule has 0 saturated carbocycles. The van der Waals surface area contributed by atoms with Crippen molar-refractivity contribution in [3.05, 3.63) is 118 Å². The fraction of sp³-hybridized carbons (Fsp3) is 0.200. The van der Waals surface area contributed by atoms with Crippen LogP contribution in [0.4, 0.5) is 5.69 Å². The van der Waals surface area contributed by atoms with Gasteiger partial charge in [-0.3, -0.25) is 4.79 Å². The third-order valence-electron chi connectivity index (χ3n) is 6.66. The van der Waals surface area contributed by atoms with Gasteiger partial charge < -0.3 is 24.3 Å². The first kappa shape index (κ1) is 29.8. The van der Waals surface area contributed by atoms with Crippen LogP contribution in [0.1, 0.15) is 34.7 Å². The quantitative estimate of drug-likeness (QED) is 0.143. The van der Waals surface area contributed by atoms with Crippen LogP contribution in [0.2, 0.25) is 0 Å². The van der Waals surface area contributed by atoms with Gasteiger partial charge in [0.15, 0.2) is 23.0 Å². The first-order valence-corrected chi connectivity index (χ1v) is 13.6. The van der Waals surface area contributed by atoms with Crippen molar-refractivity contribution in [3.8, 4) is 29.1 Å². The highest BCUT2D eigenvalue weighted by molar-refractivity contribution is 6.10. The molecule has 1 N–H and O–H groups in total. The van der Waals surface area contributed by atoms with E-state index in [4.69, 9.17) is 18.9 Å². The number of nitrogens with zero attached hydrogens (tertiary/aromatic N) is 1. The number of ether oxygens (including phenoxy) is 4. The lowest BCUT2D eigenvalue weighted by molar-refractivity contribution is -0.112. The SMILES string of the molecule is CCOc1cc(/C=C(/C#N)C(=O)Nc2cccc(C)c2C)ccc1OCc1ccc(OCc2ccccc2)c(OC)c1. The third kappa shape index (κ3) is 7.70. The monoisotopic (exact) mass is 562 g/mol. The zero-order chi connectivity index (χ0) is 29.9. The number of aryl methyl sites for hydroxylation is 1. The molecule has 0 unspecified atom stereocenters. The minimum absolute atomic E-state index is 0.0197. The lowest BCUT2D eigenvalue weighted by atomic mass is 10.1. The molecule has 7 heteroatoms. The summed E-state index contributed by atoms with van der Waals surface area (Å²) in [7, 11) is 1.60. The minimum atomic E-state index is -0.477. The summed E-state index contributed by atoms with van der Waals surface area (Å²) in [5.74, 6) is 1.82. The summed E-state index contributed by atoms with van der Waals surface area (Å²) in [5.41, 5.74) is 5.26. The molecule has 214 valence electrons. The van der Waals surface area contributed by atoms with Gasteiger partial charge in [0.2, 0.25) is 0 Å². The fourth-order valence-corrected chi connectivity index (χ4v) is 4.21. The third-order valence-corrected chi connectivity index (χ3v) is 6.66. The van der Waals surface area contributed by atoms with Crippen molar-refractivity contribution in [1.29, 1.82) is 5.26 Å². The Bertz CT molecular complexity index is 1610. The molecule has 0 aliphatic rings. The lowest BCUT2D eigenvalue weighted by Gasteiger charge is -2.15. The number of nitrogens with one attached hydrogen (secondary N) is 1. The number of hydrogen-bond acceptors (Lipinski definition) is 6. The molecule has 4 aromatic carbocycles. The Morgan fingerprint density at radius 3 is 2.24 bits per heavy atom. The van der Waals surface area contributed by atoms with Gasteiger partial charge in [-0.25, -0.2) is 0 Å². The highest BCUT2D eigenvalue weighted by Crippen LogP contribution is 2.32. The van der Waals surface area contributed by atoms with Crippen LogP contribution in [0.3, 0.4) is 0 Å². The van der Waals surface area contributed by atoms with E-state index in [1.54, 1.807) is 25.3 Å². The van der Waals surface area contributed by atoms with E-state index in [1.807, 2.05) is 93.6 Å². The van der Waals surface area contributed by atoms with Crippen LogP contribution in [0.15, 0.2) is 90.5 Å². The number of hydrogen-bond donors (Lipinski definition) is 1. The van der Waals surface area contributed by atoms with Gasteiger partial charge in [0.1, 0.15) is 24.9 Å². The fourth-order valence-electron chi connectivity index (χ4n) is 4.21. The normalized spacial score (nSPS) is 10.9. The molecule has 4 rings (SSSR count). The van der Waals surface area contributed by atoms with Crippen molar-refractivity contribution in [3.63, 3.8) is 0 Å². The van der Waals surface area contributed by atoms with E-state index in [0.29, 0.717) is 47.5 Å².